The quantitative estimate of drug-likeness (QED) is 0.831. The summed E-state index contributed by atoms with van der Waals surface area (Å²) in [5, 5.41) is 0. The average Bonchev–Trinajstić information content (AvgIpc) is 1.99. The highest BCUT2D eigenvalue weighted by molar-refractivity contribution is 9.10. The van der Waals surface area contributed by atoms with E-state index in [1.54, 1.807) is 0 Å². The molecule has 0 saturated heterocycles. The Balaban J connectivity index is 0.00000196. The number of nitrogens with two attached hydrogens (primary N) is 1. The van der Waals surface area contributed by atoms with E-state index >= 15 is 0 Å². The summed E-state index contributed by atoms with van der Waals surface area (Å²) in [6.07, 6.45) is 0. The summed E-state index contributed by atoms with van der Waals surface area (Å²) in [5.41, 5.74) is 6.78. The zero-order valence-corrected chi connectivity index (χ0v) is 11.5. The first-order chi connectivity index (χ1) is 6.30. The first kappa shape index (κ1) is 14.9. The van der Waals surface area contributed by atoms with Crippen LogP contribution in [0.3, 0.4) is 0 Å². The van der Waals surface area contributed by atoms with Crippen LogP contribution in [0.15, 0.2) is 22.7 Å². The van der Waals surface area contributed by atoms with Gasteiger partial charge in [0, 0.05) is 10.5 Å². The molecule has 0 saturated carbocycles. The van der Waals surface area contributed by atoms with Crippen LogP contribution >= 0.6 is 28.3 Å². The molecule has 0 unspecified atom stereocenters. The number of hydrogen-bond acceptors (Lipinski definition) is 1. The maximum Gasteiger partial charge on any atom is 0.124 e. The normalized spacial score (nSPS) is 13.2. The van der Waals surface area contributed by atoms with E-state index in [-0.39, 0.29) is 29.7 Å². The van der Waals surface area contributed by atoms with Crippen LogP contribution < -0.4 is 5.73 Å². The van der Waals surface area contributed by atoms with Crippen molar-refractivity contribution in [1.29, 1.82) is 0 Å². The van der Waals surface area contributed by atoms with Crippen molar-refractivity contribution < 1.29 is 4.39 Å². The van der Waals surface area contributed by atoms with Crippen LogP contribution in [-0.2, 0) is 0 Å². The summed E-state index contributed by atoms with van der Waals surface area (Å²) in [5.74, 6) is -0.255. The van der Waals surface area contributed by atoms with Crippen molar-refractivity contribution in [1.82, 2.24) is 0 Å². The summed E-state index contributed by atoms with van der Waals surface area (Å²) >= 11 is 3.25. The van der Waals surface area contributed by atoms with Gasteiger partial charge in [-0.3, -0.25) is 0 Å². The number of benzene rings is 1. The number of hydrogen-bond donors (Lipinski definition) is 1. The molecule has 0 fully saturated rings. The van der Waals surface area contributed by atoms with Gasteiger partial charge in [-0.15, -0.1) is 12.4 Å². The summed E-state index contributed by atoms with van der Waals surface area (Å²) in [7, 11) is 0. The number of halogens is 3. The molecule has 0 heterocycles. The first-order valence-corrected chi connectivity index (χ1v) is 5.31. The van der Waals surface area contributed by atoms with Crippen molar-refractivity contribution in [2.24, 2.45) is 11.1 Å². The largest absolute Gasteiger partial charge is 0.324 e. The summed E-state index contributed by atoms with van der Waals surface area (Å²) < 4.78 is 13.8. The molecule has 0 aliphatic carbocycles. The maximum absolute atomic E-state index is 13.1. The monoisotopic (exact) mass is 295 g/mol. The minimum absolute atomic E-state index is 0. The summed E-state index contributed by atoms with van der Waals surface area (Å²) in [6.45, 7) is 6.11. The van der Waals surface area contributed by atoms with Crippen molar-refractivity contribution in [3.63, 3.8) is 0 Å². The summed E-state index contributed by atoms with van der Waals surface area (Å²) in [4.78, 5) is 0. The second-order valence-electron chi connectivity index (χ2n) is 4.55. The smallest absolute Gasteiger partial charge is 0.124 e. The second-order valence-corrected chi connectivity index (χ2v) is 5.46. The molecular weight excluding hydrogens is 280 g/mol. The SMILES string of the molecule is CC(C)(C)[C@@H](N)c1cc(F)cc(Br)c1.Cl. The maximum atomic E-state index is 13.1. The molecule has 0 bridgehead atoms. The Bertz CT molecular complexity index is 316. The van der Waals surface area contributed by atoms with Crippen LogP contribution in [0.25, 0.3) is 0 Å². The van der Waals surface area contributed by atoms with Crippen molar-refractivity contribution in [2.75, 3.05) is 0 Å². The zero-order valence-electron chi connectivity index (χ0n) is 9.05. The topological polar surface area (TPSA) is 26.0 Å². The predicted molar refractivity (Wildman–Crippen MR) is 67.7 cm³/mol. The highest BCUT2D eigenvalue weighted by atomic mass is 79.9. The second kappa shape index (κ2) is 5.28. The molecule has 1 atom stereocenters. The Kier molecular flexibility index (Phi) is 5.24. The molecule has 0 aliphatic rings. The van der Waals surface area contributed by atoms with Crippen molar-refractivity contribution in [2.45, 2.75) is 26.8 Å². The molecule has 1 nitrogen and oxygen atoms in total. The predicted octanol–water partition coefficient (Wildman–Crippen LogP) is 4.06. The van der Waals surface area contributed by atoms with Gasteiger partial charge in [0.2, 0.25) is 0 Å². The van der Waals surface area contributed by atoms with E-state index in [2.05, 4.69) is 15.9 Å². The van der Waals surface area contributed by atoms with Gasteiger partial charge in [-0.2, -0.15) is 0 Å². The molecule has 0 aromatic heterocycles. The Morgan fingerprint density at radius 3 is 2.20 bits per heavy atom. The van der Waals surface area contributed by atoms with Gasteiger partial charge in [0.05, 0.1) is 0 Å². The lowest BCUT2D eigenvalue weighted by Gasteiger charge is -2.27. The van der Waals surface area contributed by atoms with Gasteiger partial charge in [0.25, 0.3) is 0 Å². The van der Waals surface area contributed by atoms with Crippen LogP contribution in [0.1, 0.15) is 32.4 Å². The van der Waals surface area contributed by atoms with Crippen LogP contribution in [0.5, 0.6) is 0 Å². The van der Waals surface area contributed by atoms with E-state index in [4.69, 9.17) is 5.73 Å². The third-order valence-corrected chi connectivity index (χ3v) is 2.63. The molecule has 15 heavy (non-hydrogen) atoms. The van der Waals surface area contributed by atoms with Gasteiger partial charge >= 0.3 is 0 Å². The summed E-state index contributed by atoms with van der Waals surface area (Å²) in [6, 6.07) is 4.62. The molecular formula is C11H16BrClFN. The van der Waals surface area contributed by atoms with E-state index in [1.807, 2.05) is 26.8 Å². The van der Waals surface area contributed by atoms with E-state index in [0.29, 0.717) is 0 Å². The zero-order chi connectivity index (χ0) is 10.9. The van der Waals surface area contributed by atoms with Gasteiger partial charge < -0.3 is 5.73 Å². The van der Waals surface area contributed by atoms with Crippen molar-refractivity contribution >= 4 is 28.3 Å². The fraction of sp³-hybridized carbons (Fsp3) is 0.455. The van der Waals surface area contributed by atoms with Gasteiger partial charge in [-0.1, -0.05) is 36.7 Å². The minimum Gasteiger partial charge on any atom is -0.324 e. The average molecular weight is 297 g/mol. The van der Waals surface area contributed by atoms with Crippen LogP contribution in [0.4, 0.5) is 4.39 Å². The molecule has 0 amide bonds. The first-order valence-electron chi connectivity index (χ1n) is 4.52. The lowest BCUT2D eigenvalue weighted by atomic mass is 9.83. The molecule has 0 radical (unpaired) electrons. The minimum atomic E-state index is -0.255. The van der Waals surface area contributed by atoms with E-state index in [1.165, 1.54) is 12.1 Å². The fourth-order valence-corrected chi connectivity index (χ4v) is 1.74. The number of rotatable bonds is 1. The molecule has 0 spiro atoms. The van der Waals surface area contributed by atoms with Gasteiger partial charge in [-0.05, 0) is 29.2 Å². The van der Waals surface area contributed by atoms with Gasteiger partial charge in [-0.25, -0.2) is 4.39 Å². The van der Waals surface area contributed by atoms with Crippen LogP contribution in [-0.4, -0.2) is 0 Å². The van der Waals surface area contributed by atoms with E-state index in [9.17, 15) is 4.39 Å². The lowest BCUT2D eigenvalue weighted by molar-refractivity contribution is 0.326. The Morgan fingerprint density at radius 2 is 1.80 bits per heavy atom. The third kappa shape index (κ3) is 4.09. The Morgan fingerprint density at radius 1 is 1.27 bits per heavy atom. The standard InChI is InChI=1S/C11H15BrFN.ClH/c1-11(2,3)10(14)7-4-8(12)6-9(13)5-7;/h4-6,10H,14H2,1-3H3;1H/t10-;/m0./s1. The van der Waals surface area contributed by atoms with E-state index in [0.717, 1.165) is 10.0 Å². The highest BCUT2D eigenvalue weighted by Gasteiger charge is 2.22. The molecule has 1 aromatic rings. The van der Waals surface area contributed by atoms with E-state index < -0.39 is 0 Å². The molecule has 1 aromatic carbocycles. The Hall–Kier alpha value is -0.120. The molecule has 2 N–H and O–H groups in total. The van der Waals surface area contributed by atoms with Crippen LogP contribution in [0.2, 0.25) is 0 Å². The van der Waals surface area contributed by atoms with Crippen molar-refractivity contribution in [3.8, 4) is 0 Å². The Labute approximate surface area is 105 Å². The van der Waals surface area contributed by atoms with Gasteiger partial charge in [0.1, 0.15) is 5.82 Å². The molecule has 4 heteroatoms. The molecule has 1 rings (SSSR count). The third-order valence-electron chi connectivity index (χ3n) is 2.18. The van der Waals surface area contributed by atoms with Gasteiger partial charge in [0.15, 0.2) is 0 Å². The van der Waals surface area contributed by atoms with Crippen molar-refractivity contribution in [3.05, 3.63) is 34.1 Å². The fourth-order valence-electron chi connectivity index (χ4n) is 1.25. The highest BCUT2D eigenvalue weighted by Crippen LogP contribution is 2.31. The van der Waals surface area contributed by atoms with Crippen LogP contribution in [0, 0.1) is 11.2 Å². The molecule has 86 valence electrons. The molecule has 0 aliphatic heterocycles. The lowest BCUT2D eigenvalue weighted by Crippen LogP contribution is -2.26.